The van der Waals surface area contributed by atoms with Crippen LogP contribution in [-0.4, -0.2) is 40.1 Å². The highest BCUT2D eigenvalue weighted by atomic mass is 16.5. The molecule has 0 saturated heterocycles. The van der Waals surface area contributed by atoms with Crippen LogP contribution in [0.1, 0.15) is 5.56 Å². The second-order valence-corrected chi connectivity index (χ2v) is 7.66. The fourth-order valence-electron chi connectivity index (χ4n) is 3.73. The zero-order valence-electron chi connectivity index (χ0n) is 19.0. The summed E-state index contributed by atoms with van der Waals surface area (Å²) in [6.07, 6.45) is 0. The maximum atomic E-state index is 13.6. The first-order valence-electron chi connectivity index (χ1n) is 10.4. The maximum Gasteiger partial charge on any atom is 0.282 e. The molecule has 0 atom stereocenters. The van der Waals surface area contributed by atoms with Crippen molar-refractivity contribution in [3.63, 3.8) is 0 Å². The van der Waals surface area contributed by atoms with Crippen molar-refractivity contribution in [3.8, 4) is 11.5 Å². The van der Waals surface area contributed by atoms with Crippen molar-refractivity contribution >= 4 is 34.4 Å². The van der Waals surface area contributed by atoms with Crippen LogP contribution in [0.3, 0.4) is 0 Å². The quantitative estimate of drug-likeness (QED) is 0.553. The number of ether oxygens (including phenoxy) is 2. The highest BCUT2D eigenvalue weighted by Gasteiger charge is 2.41. The molecule has 0 fully saturated rings. The largest absolute Gasteiger partial charge is 0.497 e. The van der Waals surface area contributed by atoms with Crippen LogP contribution < -0.4 is 24.6 Å². The predicted octanol–water partition coefficient (Wildman–Crippen LogP) is 4.17. The molecule has 0 saturated carbocycles. The summed E-state index contributed by atoms with van der Waals surface area (Å²) in [6, 6.07) is 21.6. The van der Waals surface area contributed by atoms with Crippen LogP contribution in [0.15, 0.2) is 78.5 Å². The molecule has 0 spiro atoms. The van der Waals surface area contributed by atoms with Gasteiger partial charge in [-0.15, -0.1) is 0 Å². The van der Waals surface area contributed by atoms with Crippen molar-refractivity contribution in [2.75, 3.05) is 43.4 Å². The number of hydrogen-bond acceptors (Lipinski definition) is 6. The lowest BCUT2D eigenvalue weighted by molar-refractivity contribution is -0.120. The third-order valence-corrected chi connectivity index (χ3v) is 5.42. The first-order valence-corrected chi connectivity index (χ1v) is 10.4. The van der Waals surface area contributed by atoms with E-state index in [-0.39, 0.29) is 11.3 Å². The minimum Gasteiger partial charge on any atom is -0.497 e. The van der Waals surface area contributed by atoms with Crippen molar-refractivity contribution < 1.29 is 19.1 Å². The summed E-state index contributed by atoms with van der Waals surface area (Å²) in [6.45, 7) is 0. The van der Waals surface area contributed by atoms with Gasteiger partial charge in [-0.3, -0.25) is 9.59 Å². The van der Waals surface area contributed by atoms with Crippen LogP contribution in [0.2, 0.25) is 0 Å². The third-order valence-electron chi connectivity index (χ3n) is 5.42. The molecular weight excluding hydrogens is 418 g/mol. The average Bonchev–Trinajstić information content (AvgIpc) is 3.08. The van der Waals surface area contributed by atoms with Crippen molar-refractivity contribution in [2.45, 2.75) is 0 Å². The Morgan fingerprint density at radius 2 is 1.55 bits per heavy atom. The van der Waals surface area contributed by atoms with Crippen LogP contribution in [0.5, 0.6) is 11.5 Å². The van der Waals surface area contributed by atoms with Crippen LogP contribution in [-0.2, 0) is 9.59 Å². The van der Waals surface area contributed by atoms with E-state index in [1.165, 1.54) is 12.0 Å². The second kappa shape index (κ2) is 9.08. The highest BCUT2D eigenvalue weighted by molar-refractivity contribution is 6.46. The smallest absolute Gasteiger partial charge is 0.282 e. The number of para-hydroxylation sites is 1. The molecule has 0 radical (unpaired) electrons. The zero-order chi connectivity index (χ0) is 23.5. The van der Waals surface area contributed by atoms with Gasteiger partial charge in [0.25, 0.3) is 11.8 Å². The Morgan fingerprint density at radius 3 is 2.21 bits per heavy atom. The van der Waals surface area contributed by atoms with E-state index in [4.69, 9.17) is 9.47 Å². The normalized spacial score (nSPS) is 13.4. The van der Waals surface area contributed by atoms with Gasteiger partial charge in [0.2, 0.25) is 0 Å². The Bertz CT molecular complexity index is 1230. The first-order chi connectivity index (χ1) is 15.9. The maximum absolute atomic E-state index is 13.6. The average molecular weight is 444 g/mol. The molecule has 33 heavy (non-hydrogen) atoms. The van der Waals surface area contributed by atoms with Crippen LogP contribution in [0, 0.1) is 0 Å². The molecule has 1 aliphatic rings. The summed E-state index contributed by atoms with van der Waals surface area (Å²) >= 11 is 0. The van der Waals surface area contributed by atoms with Crippen molar-refractivity contribution in [3.05, 3.63) is 84.1 Å². The lowest BCUT2D eigenvalue weighted by Crippen LogP contribution is -2.32. The van der Waals surface area contributed by atoms with E-state index in [1.807, 2.05) is 49.3 Å². The van der Waals surface area contributed by atoms with Crippen molar-refractivity contribution in [1.29, 1.82) is 0 Å². The lowest BCUT2D eigenvalue weighted by atomic mass is 10.0. The van der Waals surface area contributed by atoms with Gasteiger partial charge >= 0.3 is 0 Å². The summed E-state index contributed by atoms with van der Waals surface area (Å²) in [7, 11) is 6.97. The molecule has 168 valence electrons. The van der Waals surface area contributed by atoms with E-state index in [0.717, 1.165) is 5.69 Å². The number of carbonyl (C=O) groups excluding carboxylic acids is 2. The van der Waals surface area contributed by atoms with Crippen LogP contribution in [0.25, 0.3) is 5.57 Å². The molecular formula is C26H25N3O4. The van der Waals surface area contributed by atoms with Gasteiger partial charge in [0.1, 0.15) is 17.2 Å². The van der Waals surface area contributed by atoms with Crippen molar-refractivity contribution in [2.24, 2.45) is 0 Å². The van der Waals surface area contributed by atoms with Gasteiger partial charge in [-0.2, -0.15) is 0 Å². The number of amides is 2. The van der Waals surface area contributed by atoms with E-state index < -0.39 is 11.8 Å². The van der Waals surface area contributed by atoms with Crippen LogP contribution >= 0.6 is 0 Å². The standard InChI is InChI=1S/C26H25N3O4/c1-28(2)18-12-14-19(15-13-18)29-25(30)23(21-10-5-6-11-22(21)33-4)24(26(29)31)27-17-8-7-9-20(16-17)32-3/h5-16,27H,1-4H3. The first kappa shape index (κ1) is 22.0. The van der Waals surface area contributed by atoms with Gasteiger partial charge in [0.05, 0.1) is 25.5 Å². The number of carbonyl (C=O) groups is 2. The molecule has 2 amide bonds. The lowest BCUT2D eigenvalue weighted by Gasteiger charge is -2.18. The molecule has 4 rings (SSSR count). The molecule has 3 aromatic rings. The number of nitrogens with one attached hydrogen (secondary N) is 1. The van der Waals surface area contributed by atoms with Crippen LogP contribution in [0.4, 0.5) is 17.1 Å². The molecule has 1 N–H and O–H groups in total. The summed E-state index contributed by atoms with van der Waals surface area (Å²) in [4.78, 5) is 30.4. The molecule has 0 bridgehead atoms. The molecule has 0 aromatic heterocycles. The van der Waals surface area contributed by atoms with Gasteiger partial charge in [-0.25, -0.2) is 4.90 Å². The SMILES string of the molecule is COc1cccc(NC2=C(c3ccccc3OC)C(=O)N(c3ccc(N(C)C)cc3)C2=O)c1. The van der Waals surface area contributed by atoms with Gasteiger partial charge in [0.15, 0.2) is 0 Å². The minimum atomic E-state index is -0.443. The molecule has 0 unspecified atom stereocenters. The minimum absolute atomic E-state index is 0.175. The number of rotatable bonds is 7. The predicted molar refractivity (Wildman–Crippen MR) is 130 cm³/mol. The van der Waals surface area contributed by atoms with Gasteiger partial charge in [-0.05, 0) is 42.5 Å². The number of imide groups is 1. The summed E-state index contributed by atoms with van der Waals surface area (Å²) in [5.74, 6) is 0.268. The zero-order valence-corrected chi connectivity index (χ0v) is 19.0. The molecule has 7 heteroatoms. The number of anilines is 3. The van der Waals surface area contributed by atoms with E-state index in [2.05, 4.69) is 5.32 Å². The summed E-state index contributed by atoms with van der Waals surface area (Å²) in [5, 5.41) is 3.15. The van der Waals surface area contributed by atoms with Gasteiger partial charge in [-0.1, -0.05) is 24.3 Å². The topological polar surface area (TPSA) is 71.1 Å². The fourth-order valence-corrected chi connectivity index (χ4v) is 3.73. The van der Waals surface area contributed by atoms with E-state index in [0.29, 0.717) is 28.4 Å². The van der Waals surface area contributed by atoms with Crippen molar-refractivity contribution in [1.82, 2.24) is 0 Å². The summed E-state index contributed by atoms with van der Waals surface area (Å²) in [5.41, 5.74) is 3.04. The number of hydrogen-bond donors (Lipinski definition) is 1. The monoisotopic (exact) mass is 443 g/mol. The highest BCUT2D eigenvalue weighted by Crippen LogP contribution is 2.37. The Kier molecular flexibility index (Phi) is 6.04. The molecule has 1 aliphatic heterocycles. The van der Waals surface area contributed by atoms with Gasteiger partial charge in [0, 0.05) is 37.1 Å². The number of benzene rings is 3. The molecule has 0 aliphatic carbocycles. The Balaban J connectivity index is 1.82. The molecule has 7 nitrogen and oxygen atoms in total. The Labute approximate surface area is 192 Å². The van der Waals surface area contributed by atoms with E-state index in [9.17, 15) is 9.59 Å². The van der Waals surface area contributed by atoms with E-state index >= 15 is 0 Å². The summed E-state index contributed by atoms with van der Waals surface area (Å²) < 4.78 is 10.8. The second-order valence-electron chi connectivity index (χ2n) is 7.66. The number of nitrogens with zero attached hydrogens (tertiary/aromatic N) is 2. The fraction of sp³-hybridized carbons (Fsp3) is 0.154. The molecule has 1 heterocycles. The Hall–Kier alpha value is -4.26. The Morgan fingerprint density at radius 1 is 0.818 bits per heavy atom. The van der Waals surface area contributed by atoms with Gasteiger partial charge < -0.3 is 19.7 Å². The number of methoxy groups -OCH3 is 2. The molecule has 3 aromatic carbocycles. The van der Waals surface area contributed by atoms with E-state index in [1.54, 1.807) is 49.6 Å². The third kappa shape index (κ3) is 4.13.